The minimum absolute atomic E-state index is 0.222. The number of aliphatic carboxylic acids is 1. The van der Waals surface area contributed by atoms with Crippen molar-refractivity contribution in [3.05, 3.63) is 53.6 Å². The molecule has 5 rings (SSSR count). The number of carboxylic acids is 1. The van der Waals surface area contributed by atoms with Gasteiger partial charge in [-0.05, 0) is 42.2 Å². The lowest BCUT2D eigenvalue weighted by Gasteiger charge is -2.47. The summed E-state index contributed by atoms with van der Waals surface area (Å²) in [5, 5.41) is 12.2. The van der Waals surface area contributed by atoms with Crippen LogP contribution in [0, 0.1) is 5.41 Å². The van der Waals surface area contributed by atoms with E-state index in [2.05, 4.69) is 44.2 Å². The molecule has 0 saturated carbocycles. The summed E-state index contributed by atoms with van der Waals surface area (Å²) in [6.07, 6.45) is 0.498. The van der Waals surface area contributed by atoms with Crippen LogP contribution in [0.5, 0.6) is 0 Å². The van der Waals surface area contributed by atoms with Crippen molar-refractivity contribution in [2.45, 2.75) is 25.3 Å². The Morgan fingerprint density at radius 2 is 1.79 bits per heavy atom. The van der Waals surface area contributed by atoms with E-state index in [9.17, 15) is 14.7 Å². The topological polar surface area (TPSA) is 76.6 Å². The third-order valence-electron chi connectivity index (χ3n) is 7.39. The van der Waals surface area contributed by atoms with Crippen molar-refractivity contribution >= 4 is 44.2 Å². The fraction of sp³-hybridized carbons (Fsp3) is 0.423. The van der Waals surface area contributed by atoms with Crippen molar-refractivity contribution in [2.75, 3.05) is 51.1 Å². The molecule has 2 aliphatic rings. The van der Waals surface area contributed by atoms with Gasteiger partial charge in [0.2, 0.25) is 5.91 Å². The van der Waals surface area contributed by atoms with Gasteiger partial charge in [0.1, 0.15) is 6.04 Å². The molecule has 2 heterocycles. The maximum absolute atomic E-state index is 13.7. The van der Waals surface area contributed by atoms with Gasteiger partial charge in [-0.15, -0.1) is 0 Å². The van der Waals surface area contributed by atoms with Gasteiger partial charge in [-0.1, -0.05) is 35.6 Å². The Morgan fingerprint density at radius 1 is 1.15 bits per heavy atom. The summed E-state index contributed by atoms with van der Waals surface area (Å²) in [6.45, 7) is 2.02. The van der Waals surface area contributed by atoms with Crippen LogP contribution in [0.4, 0.5) is 10.8 Å². The minimum atomic E-state index is -1.20. The Balaban J connectivity index is 1.39. The second kappa shape index (κ2) is 8.06. The molecular weight excluding hydrogens is 448 g/mol. The van der Waals surface area contributed by atoms with Crippen LogP contribution in [-0.2, 0) is 22.4 Å². The average Bonchev–Trinajstić information content (AvgIpc) is 3.31. The molecule has 1 aliphatic heterocycles. The summed E-state index contributed by atoms with van der Waals surface area (Å²) in [5.74, 6) is -1.43. The number of hydrogen-bond donors (Lipinski definition) is 0. The number of rotatable bonds is 6. The normalized spacial score (nSPS) is 17.5. The number of carbonyl (C=O) groups is 2. The molecule has 0 unspecified atom stereocenters. The lowest BCUT2D eigenvalue weighted by molar-refractivity contribution is -0.896. The SMILES string of the molecule is CN(C(=O)C1(CC(=O)[O-])Cc2ccccc2C1)c1nc2cc(N3CC([N+](C)(C)C)C3)ccc2s1. The summed E-state index contributed by atoms with van der Waals surface area (Å²) in [6, 6.07) is 14.7. The molecule has 1 aromatic heterocycles. The molecule has 0 bridgehead atoms. The largest absolute Gasteiger partial charge is 0.550 e. The number of anilines is 2. The number of fused-ring (bicyclic) bond motifs is 2. The Hall–Kier alpha value is -2.97. The Bertz CT molecular complexity index is 1250. The standard InChI is InChI=1S/C26H30N4O3S/c1-28(24(33)26(14-23(31)32)12-17-7-5-6-8-18(17)13-26)25-27-21-11-19(9-10-22(21)34-25)29-15-20(16-29)30(2,3)4/h5-11,20H,12-16H2,1-4H3. The molecule has 3 aromatic rings. The summed E-state index contributed by atoms with van der Waals surface area (Å²) >= 11 is 1.45. The quantitative estimate of drug-likeness (QED) is 0.507. The molecule has 0 N–H and O–H groups in total. The van der Waals surface area contributed by atoms with Gasteiger partial charge in [0.15, 0.2) is 5.13 Å². The summed E-state index contributed by atoms with van der Waals surface area (Å²) < 4.78 is 1.95. The highest BCUT2D eigenvalue weighted by Crippen LogP contribution is 2.42. The summed E-state index contributed by atoms with van der Waals surface area (Å²) in [7, 11) is 8.37. The van der Waals surface area contributed by atoms with E-state index in [0.717, 1.165) is 44.6 Å². The van der Waals surface area contributed by atoms with Crippen LogP contribution in [0.3, 0.4) is 0 Å². The number of hydrogen-bond acceptors (Lipinski definition) is 6. The van der Waals surface area contributed by atoms with E-state index in [-0.39, 0.29) is 12.3 Å². The lowest BCUT2D eigenvalue weighted by Crippen LogP contribution is -2.64. The van der Waals surface area contributed by atoms with E-state index in [0.29, 0.717) is 24.0 Å². The highest BCUT2D eigenvalue weighted by molar-refractivity contribution is 7.22. The third kappa shape index (κ3) is 3.95. The van der Waals surface area contributed by atoms with Gasteiger partial charge in [0, 0.05) is 25.1 Å². The second-order valence-electron chi connectivity index (χ2n) is 10.6. The van der Waals surface area contributed by atoms with Gasteiger partial charge in [0.05, 0.1) is 49.9 Å². The molecule has 1 aliphatic carbocycles. The lowest BCUT2D eigenvalue weighted by atomic mass is 9.80. The van der Waals surface area contributed by atoms with E-state index < -0.39 is 11.4 Å². The monoisotopic (exact) mass is 478 g/mol. The van der Waals surface area contributed by atoms with Crippen LogP contribution in [0.15, 0.2) is 42.5 Å². The fourth-order valence-corrected chi connectivity index (χ4v) is 6.07. The number of thiazole rings is 1. The van der Waals surface area contributed by atoms with Gasteiger partial charge < -0.3 is 19.3 Å². The molecule has 8 heteroatoms. The predicted octanol–water partition coefficient (Wildman–Crippen LogP) is 2.08. The molecule has 1 fully saturated rings. The van der Waals surface area contributed by atoms with Crippen molar-refractivity contribution in [2.24, 2.45) is 5.41 Å². The van der Waals surface area contributed by atoms with Crippen LogP contribution in [-0.4, -0.2) is 68.7 Å². The number of amides is 1. The van der Waals surface area contributed by atoms with Gasteiger partial charge in [0.25, 0.3) is 0 Å². The molecule has 1 saturated heterocycles. The van der Waals surface area contributed by atoms with Crippen molar-refractivity contribution < 1.29 is 19.2 Å². The molecular formula is C26H30N4O3S. The first-order valence-electron chi connectivity index (χ1n) is 11.6. The molecule has 34 heavy (non-hydrogen) atoms. The van der Waals surface area contributed by atoms with Gasteiger partial charge in [-0.2, -0.15) is 0 Å². The number of benzene rings is 2. The van der Waals surface area contributed by atoms with Gasteiger partial charge >= 0.3 is 0 Å². The van der Waals surface area contributed by atoms with Crippen LogP contribution in [0.25, 0.3) is 10.2 Å². The zero-order valence-corrected chi connectivity index (χ0v) is 20.9. The van der Waals surface area contributed by atoms with Crippen molar-refractivity contribution in [3.63, 3.8) is 0 Å². The molecule has 0 radical (unpaired) electrons. The van der Waals surface area contributed by atoms with Crippen molar-refractivity contribution in [1.82, 2.24) is 4.98 Å². The molecule has 178 valence electrons. The minimum Gasteiger partial charge on any atom is -0.550 e. The zero-order valence-electron chi connectivity index (χ0n) is 20.1. The summed E-state index contributed by atoms with van der Waals surface area (Å²) in [5.41, 5.74) is 3.01. The number of carbonyl (C=O) groups excluding carboxylic acids is 2. The number of carboxylic acid groups (broad SMARTS) is 1. The molecule has 7 nitrogen and oxygen atoms in total. The number of nitrogens with zero attached hydrogens (tertiary/aromatic N) is 4. The number of aromatic nitrogens is 1. The predicted molar refractivity (Wildman–Crippen MR) is 133 cm³/mol. The maximum atomic E-state index is 13.7. The van der Waals surface area contributed by atoms with Gasteiger partial charge in [-0.3, -0.25) is 9.69 Å². The van der Waals surface area contributed by atoms with Crippen molar-refractivity contribution in [3.8, 4) is 0 Å². The maximum Gasteiger partial charge on any atom is 0.235 e. The van der Waals surface area contributed by atoms with E-state index in [1.165, 1.54) is 16.2 Å². The van der Waals surface area contributed by atoms with Crippen LogP contribution < -0.4 is 14.9 Å². The van der Waals surface area contributed by atoms with Crippen molar-refractivity contribution in [1.29, 1.82) is 0 Å². The van der Waals surface area contributed by atoms with E-state index >= 15 is 0 Å². The molecule has 0 atom stereocenters. The second-order valence-corrected chi connectivity index (χ2v) is 11.6. The zero-order chi connectivity index (χ0) is 24.3. The third-order valence-corrected chi connectivity index (χ3v) is 8.50. The van der Waals surface area contributed by atoms with Gasteiger partial charge in [-0.25, -0.2) is 4.98 Å². The highest BCUT2D eigenvalue weighted by atomic mass is 32.1. The molecule has 0 spiro atoms. The van der Waals surface area contributed by atoms with E-state index in [1.807, 2.05) is 24.3 Å². The Labute approximate surface area is 203 Å². The van der Waals surface area contributed by atoms with Crippen LogP contribution >= 0.6 is 11.3 Å². The van der Waals surface area contributed by atoms with Crippen LogP contribution in [0.1, 0.15) is 17.5 Å². The number of quaternary nitrogens is 1. The Kier molecular flexibility index (Phi) is 5.41. The van der Waals surface area contributed by atoms with E-state index in [4.69, 9.17) is 4.98 Å². The summed E-state index contributed by atoms with van der Waals surface area (Å²) in [4.78, 5) is 34.0. The fourth-order valence-electron chi connectivity index (χ4n) is 5.16. The van der Waals surface area contributed by atoms with Crippen LogP contribution in [0.2, 0.25) is 0 Å². The molecule has 1 amide bonds. The van der Waals surface area contributed by atoms with E-state index in [1.54, 1.807) is 7.05 Å². The first-order chi connectivity index (χ1) is 16.1. The first kappa shape index (κ1) is 22.8. The number of likely N-dealkylation sites (N-methyl/N-ethyl adjacent to an activating group) is 1. The smallest absolute Gasteiger partial charge is 0.235 e. The first-order valence-corrected chi connectivity index (χ1v) is 12.4. The highest BCUT2D eigenvalue weighted by Gasteiger charge is 2.46. The average molecular weight is 479 g/mol. The Morgan fingerprint density at radius 3 is 2.38 bits per heavy atom. The molecule has 2 aromatic carbocycles.